The van der Waals surface area contributed by atoms with Crippen LogP contribution in [-0.4, -0.2) is 0 Å². The Labute approximate surface area is 181 Å². The molecule has 3 rings (SSSR count). The normalized spacial score (nSPS) is 16.0. The summed E-state index contributed by atoms with van der Waals surface area (Å²) in [5, 5.41) is 0. The van der Waals surface area contributed by atoms with Crippen LogP contribution in [0.4, 0.5) is 0 Å². The van der Waals surface area contributed by atoms with Gasteiger partial charge in [0.2, 0.25) is 0 Å². The second-order valence-corrected chi connectivity index (χ2v) is 6.53. The van der Waals surface area contributed by atoms with Crippen LogP contribution in [0.25, 0.3) is 0 Å². The molecule has 0 aromatic heterocycles. The summed E-state index contributed by atoms with van der Waals surface area (Å²) in [5.41, 5.74) is 4.21. The van der Waals surface area contributed by atoms with E-state index < -0.39 is 0 Å². The molecule has 0 spiro atoms. The first-order valence-corrected chi connectivity index (χ1v) is 10.1. The molecular formula is C25H35Hf-3. The molecular weight excluding hydrogens is 479 g/mol. The fourth-order valence-corrected chi connectivity index (χ4v) is 2.77. The molecule has 0 amide bonds. The van der Waals surface area contributed by atoms with Gasteiger partial charge in [-0.3, -0.25) is 18.2 Å². The Morgan fingerprint density at radius 1 is 0.615 bits per heavy atom. The van der Waals surface area contributed by atoms with Gasteiger partial charge in [-0.25, -0.2) is 34.9 Å². The smallest absolute Gasteiger partial charge is 0 e. The Morgan fingerprint density at radius 3 is 1.27 bits per heavy atom. The number of hydrogen-bond donors (Lipinski definition) is 0. The van der Waals surface area contributed by atoms with Crippen LogP contribution in [0.15, 0.2) is 53.2 Å². The van der Waals surface area contributed by atoms with Gasteiger partial charge in [0.15, 0.2) is 0 Å². The van der Waals surface area contributed by atoms with Crippen molar-refractivity contribution < 1.29 is 25.8 Å². The second-order valence-electron chi connectivity index (χ2n) is 6.53. The Balaban J connectivity index is 0.000000355. The van der Waals surface area contributed by atoms with Gasteiger partial charge in [0.25, 0.3) is 0 Å². The molecule has 0 atom stereocenters. The summed E-state index contributed by atoms with van der Waals surface area (Å²) < 4.78 is 0. The molecule has 0 saturated carbocycles. The van der Waals surface area contributed by atoms with E-state index >= 15 is 0 Å². The minimum atomic E-state index is 0. The Morgan fingerprint density at radius 2 is 1.00 bits per heavy atom. The second kappa shape index (κ2) is 17.7. The molecule has 0 saturated heterocycles. The first kappa shape index (κ1) is 25.3. The summed E-state index contributed by atoms with van der Waals surface area (Å²) in [7, 11) is 0. The first-order chi connectivity index (χ1) is 12.3. The number of unbranched alkanes of at least 4 members (excludes halogenated alkanes) is 1. The zero-order valence-electron chi connectivity index (χ0n) is 17.0. The first-order valence-electron chi connectivity index (χ1n) is 10.1. The largest absolute Gasteiger partial charge is 0.269 e. The number of allylic oxidation sites excluding steroid dienone is 12. The molecule has 0 aromatic carbocycles. The van der Waals surface area contributed by atoms with E-state index in [1.165, 1.54) is 61.7 Å². The monoisotopic (exact) mass is 515 g/mol. The van der Waals surface area contributed by atoms with Crippen LogP contribution in [0.3, 0.4) is 0 Å². The molecule has 3 aliphatic carbocycles. The van der Waals surface area contributed by atoms with Crippen molar-refractivity contribution in [2.45, 2.75) is 85.0 Å². The molecule has 0 unspecified atom stereocenters. The van der Waals surface area contributed by atoms with Gasteiger partial charge in [0, 0.05) is 25.8 Å². The van der Waals surface area contributed by atoms with Crippen LogP contribution in [0.5, 0.6) is 0 Å². The molecule has 0 bridgehead atoms. The third-order valence-electron chi connectivity index (χ3n) is 4.14. The van der Waals surface area contributed by atoms with E-state index in [0.717, 1.165) is 19.3 Å². The van der Waals surface area contributed by atoms with Gasteiger partial charge in [0.1, 0.15) is 0 Å². The molecule has 142 valence electrons. The molecule has 0 radical (unpaired) electrons. The van der Waals surface area contributed by atoms with E-state index in [-0.39, 0.29) is 25.8 Å². The third-order valence-corrected chi connectivity index (χ3v) is 4.14. The molecule has 1 heteroatoms. The van der Waals surface area contributed by atoms with Gasteiger partial charge >= 0.3 is 0 Å². The Kier molecular flexibility index (Phi) is 17.2. The van der Waals surface area contributed by atoms with Gasteiger partial charge in [-0.1, -0.05) is 65.7 Å². The molecule has 0 aromatic rings. The van der Waals surface area contributed by atoms with Crippen LogP contribution in [0.1, 0.15) is 85.0 Å². The summed E-state index contributed by atoms with van der Waals surface area (Å²) in [5.74, 6) is 0. The van der Waals surface area contributed by atoms with Crippen molar-refractivity contribution in [3.63, 3.8) is 0 Å². The third kappa shape index (κ3) is 12.6. The average Bonchev–Trinajstić information content (AvgIpc) is 3.38. The van der Waals surface area contributed by atoms with Gasteiger partial charge in [0.05, 0.1) is 0 Å². The summed E-state index contributed by atoms with van der Waals surface area (Å²) in [4.78, 5) is 0. The van der Waals surface area contributed by atoms with E-state index in [1.807, 2.05) is 0 Å². The van der Waals surface area contributed by atoms with Crippen LogP contribution in [-0.2, 0) is 25.8 Å². The van der Waals surface area contributed by atoms with Gasteiger partial charge in [-0.05, 0) is 0 Å². The van der Waals surface area contributed by atoms with E-state index in [2.05, 4.69) is 75.5 Å². The van der Waals surface area contributed by atoms with Gasteiger partial charge in [-0.15, -0.1) is 19.3 Å². The van der Waals surface area contributed by atoms with Crippen molar-refractivity contribution in [1.82, 2.24) is 0 Å². The maximum atomic E-state index is 3.30. The fourth-order valence-electron chi connectivity index (χ4n) is 2.77. The van der Waals surface area contributed by atoms with E-state index in [4.69, 9.17) is 0 Å². The van der Waals surface area contributed by atoms with Crippen molar-refractivity contribution in [2.75, 3.05) is 0 Å². The maximum absolute atomic E-state index is 3.30. The summed E-state index contributed by atoms with van der Waals surface area (Å²) in [6, 6.07) is 0. The summed E-state index contributed by atoms with van der Waals surface area (Å²) >= 11 is 0. The molecule has 0 heterocycles. The van der Waals surface area contributed by atoms with Crippen molar-refractivity contribution in [2.24, 2.45) is 0 Å². The standard InChI is InChI=1S/C9H13.2C8H11.Hf/c1-2-3-6-9-7-4-5-8-9;2*1-2-5-8-6-3-4-7-8;/h4,7H,2-3,5-6H2,1H3;2*3,6H,2,4-5H2,1H3;/q3*-1;. The fraction of sp³-hybridized carbons (Fsp3) is 0.520. The van der Waals surface area contributed by atoms with Crippen LogP contribution < -0.4 is 0 Å². The van der Waals surface area contributed by atoms with Crippen molar-refractivity contribution in [3.05, 3.63) is 71.4 Å². The Bertz CT molecular complexity index is 494. The van der Waals surface area contributed by atoms with E-state index in [0.29, 0.717) is 0 Å². The zero-order chi connectivity index (χ0) is 18.2. The average molecular weight is 514 g/mol. The van der Waals surface area contributed by atoms with Crippen molar-refractivity contribution >= 4 is 0 Å². The van der Waals surface area contributed by atoms with E-state index in [1.54, 1.807) is 0 Å². The van der Waals surface area contributed by atoms with Crippen LogP contribution >= 0.6 is 0 Å². The van der Waals surface area contributed by atoms with Gasteiger partial charge in [-0.2, -0.15) is 18.2 Å². The topological polar surface area (TPSA) is 0 Å². The minimum absolute atomic E-state index is 0. The SMILES string of the molecule is CCCC1=[C-]CC=C1.CCCC1=[C-]CC=C1.CCCCC1=[C-]CC=C1.[Hf]. The molecule has 0 aliphatic heterocycles. The van der Waals surface area contributed by atoms with E-state index in [9.17, 15) is 0 Å². The zero-order valence-corrected chi connectivity index (χ0v) is 20.6. The molecule has 3 aliphatic rings. The van der Waals surface area contributed by atoms with Gasteiger partial charge < -0.3 is 0 Å². The van der Waals surface area contributed by atoms with Crippen molar-refractivity contribution in [3.8, 4) is 0 Å². The molecule has 0 fully saturated rings. The van der Waals surface area contributed by atoms with Crippen molar-refractivity contribution in [1.29, 1.82) is 0 Å². The summed E-state index contributed by atoms with van der Waals surface area (Å²) in [6.45, 7) is 6.61. The molecule has 0 N–H and O–H groups in total. The Hall–Kier alpha value is -0.690. The predicted molar refractivity (Wildman–Crippen MR) is 111 cm³/mol. The van der Waals surface area contributed by atoms with Crippen LogP contribution in [0, 0.1) is 18.2 Å². The molecule has 0 nitrogen and oxygen atoms in total. The quantitative estimate of drug-likeness (QED) is 0.240. The number of hydrogen-bond acceptors (Lipinski definition) is 0. The predicted octanol–water partition coefficient (Wildman–Crippen LogP) is 7.82. The maximum Gasteiger partial charge on any atom is 0 e. The van der Waals surface area contributed by atoms with Crippen LogP contribution in [0.2, 0.25) is 0 Å². The molecule has 26 heavy (non-hydrogen) atoms. The summed E-state index contributed by atoms with van der Waals surface area (Å²) in [6.07, 6.45) is 34.7. The number of rotatable bonds is 7. The minimum Gasteiger partial charge on any atom is -0.269 e.